The van der Waals surface area contributed by atoms with Crippen LogP contribution in [-0.4, -0.2) is 37.3 Å². The van der Waals surface area contributed by atoms with Crippen molar-refractivity contribution in [1.82, 2.24) is 9.88 Å². The van der Waals surface area contributed by atoms with Gasteiger partial charge in [0.1, 0.15) is 0 Å². The second-order valence-electron chi connectivity index (χ2n) is 6.21. The van der Waals surface area contributed by atoms with Crippen molar-refractivity contribution >= 4 is 32.4 Å². The Labute approximate surface area is 161 Å². The number of benzene rings is 1. The summed E-state index contributed by atoms with van der Waals surface area (Å²) in [5, 5.41) is 2.00. The summed E-state index contributed by atoms with van der Waals surface area (Å²) in [5.41, 5.74) is 2.90. The predicted octanol–water partition coefficient (Wildman–Crippen LogP) is 3.21. The first-order chi connectivity index (χ1) is 13.0. The maximum absolute atomic E-state index is 12.8. The number of sulfonamides is 1. The quantitative estimate of drug-likeness (QED) is 0.856. The van der Waals surface area contributed by atoms with Gasteiger partial charge in [-0.3, -0.25) is 9.52 Å². The average Bonchev–Trinajstić information content (AvgIpc) is 3.19. The molecule has 2 aromatic rings. The van der Waals surface area contributed by atoms with E-state index in [0.717, 1.165) is 12.0 Å². The molecular weight excluding hydrogens is 382 g/mol. The van der Waals surface area contributed by atoms with Crippen LogP contribution in [-0.2, 0) is 10.0 Å². The van der Waals surface area contributed by atoms with Crippen LogP contribution < -0.4 is 4.72 Å². The number of allylic oxidation sites excluding steroid dienone is 3. The smallest absolute Gasteiger partial charge is 0.263 e. The molecule has 0 saturated carbocycles. The first kappa shape index (κ1) is 17.7. The van der Waals surface area contributed by atoms with Crippen LogP contribution in [0.4, 0.5) is 5.13 Å². The molecule has 1 aromatic heterocycles. The van der Waals surface area contributed by atoms with Gasteiger partial charge in [0, 0.05) is 30.2 Å². The number of amides is 1. The van der Waals surface area contributed by atoms with E-state index in [1.165, 1.54) is 35.2 Å². The van der Waals surface area contributed by atoms with Gasteiger partial charge in [-0.1, -0.05) is 24.3 Å². The van der Waals surface area contributed by atoms with Crippen molar-refractivity contribution < 1.29 is 13.2 Å². The van der Waals surface area contributed by atoms with E-state index < -0.39 is 10.0 Å². The van der Waals surface area contributed by atoms with Crippen molar-refractivity contribution in [2.24, 2.45) is 0 Å². The summed E-state index contributed by atoms with van der Waals surface area (Å²) in [6, 6.07) is 5.98. The highest BCUT2D eigenvalue weighted by molar-refractivity contribution is 7.93. The minimum absolute atomic E-state index is 0.0928. The van der Waals surface area contributed by atoms with Crippen LogP contribution in [0.25, 0.3) is 0 Å². The number of nitrogens with one attached hydrogen (secondary N) is 1. The SMILES string of the molecule is O=C(c1ccc(S(=O)(=O)Nc2nccs2)cc1)N1CC=C2CC=CC=C2C1. The Bertz CT molecular complexity index is 1050. The monoisotopic (exact) mass is 399 g/mol. The van der Waals surface area contributed by atoms with Gasteiger partial charge in [-0.25, -0.2) is 13.4 Å². The van der Waals surface area contributed by atoms with Crippen LogP contribution in [0.1, 0.15) is 16.8 Å². The molecule has 1 amide bonds. The zero-order chi connectivity index (χ0) is 18.9. The number of anilines is 1. The number of rotatable bonds is 4. The van der Waals surface area contributed by atoms with E-state index in [9.17, 15) is 13.2 Å². The molecule has 0 bridgehead atoms. The third-order valence-electron chi connectivity index (χ3n) is 4.46. The average molecular weight is 399 g/mol. The fourth-order valence-corrected chi connectivity index (χ4v) is 4.83. The van der Waals surface area contributed by atoms with Crippen LogP contribution in [0.2, 0.25) is 0 Å². The van der Waals surface area contributed by atoms with E-state index in [0.29, 0.717) is 23.8 Å². The minimum atomic E-state index is -3.72. The molecule has 138 valence electrons. The molecule has 0 radical (unpaired) electrons. The molecule has 0 fully saturated rings. The summed E-state index contributed by atoms with van der Waals surface area (Å²) in [5.74, 6) is -0.113. The highest BCUT2D eigenvalue weighted by Gasteiger charge is 2.23. The van der Waals surface area contributed by atoms with E-state index in [2.05, 4.69) is 21.9 Å². The standard InChI is InChI=1S/C19H17N3O3S2/c23-18(22-11-9-14-3-1-2-4-16(14)13-22)15-5-7-17(8-6-15)27(24,25)21-19-20-10-12-26-19/h1-2,4-10,12H,3,11,13H2,(H,20,21). The van der Waals surface area contributed by atoms with Gasteiger partial charge >= 0.3 is 0 Å². The fourth-order valence-electron chi connectivity index (χ4n) is 3.04. The fraction of sp³-hybridized carbons (Fsp3) is 0.158. The van der Waals surface area contributed by atoms with Gasteiger partial charge in [-0.2, -0.15) is 0 Å². The number of hydrogen-bond acceptors (Lipinski definition) is 5. The van der Waals surface area contributed by atoms with E-state index >= 15 is 0 Å². The maximum Gasteiger partial charge on any atom is 0.263 e. The third kappa shape index (κ3) is 3.72. The topological polar surface area (TPSA) is 79.4 Å². The second-order valence-corrected chi connectivity index (χ2v) is 8.78. The maximum atomic E-state index is 12.8. The molecule has 6 nitrogen and oxygen atoms in total. The van der Waals surface area contributed by atoms with Crippen LogP contribution in [0.15, 0.2) is 76.2 Å². The minimum Gasteiger partial charge on any atom is -0.331 e. The van der Waals surface area contributed by atoms with Gasteiger partial charge in [0.15, 0.2) is 5.13 Å². The zero-order valence-corrected chi connectivity index (χ0v) is 16.0. The van der Waals surface area contributed by atoms with Crippen LogP contribution in [0, 0.1) is 0 Å². The van der Waals surface area contributed by atoms with E-state index in [-0.39, 0.29) is 10.8 Å². The number of hydrogen-bond donors (Lipinski definition) is 1. The lowest BCUT2D eigenvalue weighted by Crippen LogP contribution is -2.36. The lowest BCUT2D eigenvalue weighted by Gasteiger charge is -2.29. The van der Waals surface area contributed by atoms with E-state index in [4.69, 9.17) is 0 Å². The second kappa shape index (κ2) is 7.13. The Kier molecular flexibility index (Phi) is 4.67. The number of thiazole rings is 1. The Balaban J connectivity index is 1.50. The van der Waals surface area contributed by atoms with E-state index in [1.807, 2.05) is 12.2 Å². The molecule has 0 atom stereocenters. The normalized spacial score (nSPS) is 16.4. The summed E-state index contributed by atoms with van der Waals surface area (Å²) in [4.78, 5) is 18.5. The van der Waals surface area contributed by atoms with Crippen molar-refractivity contribution in [2.45, 2.75) is 11.3 Å². The highest BCUT2D eigenvalue weighted by atomic mass is 32.2. The summed E-state index contributed by atoms with van der Waals surface area (Å²) in [6.45, 7) is 1.13. The molecule has 4 rings (SSSR count). The summed E-state index contributed by atoms with van der Waals surface area (Å²) >= 11 is 1.20. The van der Waals surface area contributed by atoms with Gasteiger partial charge in [0.25, 0.3) is 15.9 Å². The summed E-state index contributed by atoms with van der Waals surface area (Å²) < 4.78 is 27.2. The lowest BCUT2D eigenvalue weighted by atomic mass is 9.94. The molecular formula is C19H17N3O3S2. The van der Waals surface area contributed by atoms with Crippen molar-refractivity contribution in [3.05, 3.63) is 76.9 Å². The third-order valence-corrected chi connectivity index (χ3v) is 6.63. The molecule has 0 spiro atoms. The number of fused-ring (bicyclic) bond motifs is 1. The molecule has 1 aliphatic carbocycles. The summed E-state index contributed by atoms with van der Waals surface area (Å²) in [6.07, 6.45) is 10.7. The number of carbonyl (C=O) groups excluding carboxylic acids is 1. The summed E-state index contributed by atoms with van der Waals surface area (Å²) in [7, 11) is -3.72. The molecule has 2 heterocycles. The zero-order valence-electron chi connectivity index (χ0n) is 14.3. The molecule has 1 aliphatic heterocycles. The molecule has 0 unspecified atom stereocenters. The van der Waals surface area contributed by atoms with Crippen molar-refractivity contribution in [1.29, 1.82) is 0 Å². The molecule has 0 saturated heterocycles. The number of carbonyl (C=O) groups is 1. The largest absolute Gasteiger partial charge is 0.331 e. The number of aromatic nitrogens is 1. The first-order valence-electron chi connectivity index (χ1n) is 8.40. The molecule has 27 heavy (non-hydrogen) atoms. The molecule has 8 heteroatoms. The molecule has 1 aromatic carbocycles. The van der Waals surface area contributed by atoms with Crippen LogP contribution in [0.3, 0.4) is 0 Å². The van der Waals surface area contributed by atoms with Gasteiger partial charge in [0.05, 0.1) is 4.90 Å². The Morgan fingerprint density at radius 2 is 2.00 bits per heavy atom. The lowest BCUT2D eigenvalue weighted by molar-refractivity contribution is 0.0783. The van der Waals surface area contributed by atoms with E-state index in [1.54, 1.807) is 22.4 Å². The Morgan fingerprint density at radius 1 is 1.19 bits per heavy atom. The predicted molar refractivity (Wildman–Crippen MR) is 105 cm³/mol. The van der Waals surface area contributed by atoms with Gasteiger partial charge in [-0.15, -0.1) is 11.3 Å². The van der Waals surface area contributed by atoms with Gasteiger partial charge < -0.3 is 4.90 Å². The van der Waals surface area contributed by atoms with Crippen molar-refractivity contribution in [2.75, 3.05) is 17.8 Å². The molecule has 2 aliphatic rings. The Morgan fingerprint density at radius 3 is 2.74 bits per heavy atom. The molecule has 1 N–H and O–H groups in total. The van der Waals surface area contributed by atoms with Crippen molar-refractivity contribution in [3.8, 4) is 0 Å². The van der Waals surface area contributed by atoms with Gasteiger partial charge in [0.2, 0.25) is 0 Å². The van der Waals surface area contributed by atoms with Gasteiger partial charge in [-0.05, 0) is 41.8 Å². The highest BCUT2D eigenvalue weighted by Crippen LogP contribution is 2.25. The van der Waals surface area contributed by atoms with Crippen molar-refractivity contribution in [3.63, 3.8) is 0 Å². The number of nitrogens with zero attached hydrogens (tertiary/aromatic N) is 2. The Hall–Kier alpha value is -2.71. The van der Waals surface area contributed by atoms with Crippen LogP contribution in [0.5, 0.6) is 0 Å². The van der Waals surface area contributed by atoms with Crippen LogP contribution >= 0.6 is 11.3 Å². The first-order valence-corrected chi connectivity index (χ1v) is 10.8.